The van der Waals surface area contributed by atoms with Crippen molar-refractivity contribution in [2.75, 3.05) is 47.5 Å². The first-order valence-corrected chi connectivity index (χ1v) is 22.5. The topological polar surface area (TPSA) is 111 Å². The lowest BCUT2D eigenvalue weighted by Crippen LogP contribution is -2.37. The van der Waals surface area contributed by atoms with Gasteiger partial charge in [-0.05, 0) is 77.0 Å². The number of allylic oxidation sites excluding steroid dienone is 10. The van der Waals surface area contributed by atoms with Crippen molar-refractivity contribution in [1.82, 2.24) is 0 Å². The summed E-state index contributed by atoms with van der Waals surface area (Å²) in [5.74, 6) is -0.876. The molecule has 0 aliphatic rings. The van der Waals surface area contributed by atoms with Crippen LogP contribution in [0.3, 0.4) is 0 Å². The molecule has 0 rings (SSSR count). The highest BCUT2D eigenvalue weighted by Crippen LogP contribution is 2.38. The summed E-state index contributed by atoms with van der Waals surface area (Å²) in [5, 5.41) is 0. The van der Waals surface area contributed by atoms with Crippen LogP contribution in [-0.2, 0) is 32.7 Å². The number of likely N-dealkylation sites (N-methyl/N-ethyl adjacent to an activating group) is 1. The summed E-state index contributed by atoms with van der Waals surface area (Å²) in [6, 6.07) is 0. The van der Waals surface area contributed by atoms with Crippen LogP contribution in [0.4, 0.5) is 0 Å². The van der Waals surface area contributed by atoms with Crippen LogP contribution in [-0.4, -0.2) is 70.0 Å². The zero-order valence-electron chi connectivity index (χ0n) is 34.9. The number of hydrogen-bond acceptors (Lipinski definition) is 8. The van der Waals surface area contributed by atoms with E-state index in [1.54, 1.807) is 0 Å². The fraction of sp³-hybridized carbons (Fsp3) is 0.727. The maximum atomic E-state index is 12.6. The van der Waals surface area contributed by atoms with Crippen molar-refractivity contribution < 1.29 is 42.1 Å². The maximum Gasteiger partial charge on any atom is 0.306 e. The Hall–Kier alpha value is -2.29. The number of unbranched alkanes of at least 4 members (excludes halogenated alkanes) is 13. The van der Waals surface area contributed by atoms with Crippen molar-refractivity contribution in [3.05, 3.63) is 60.8 Å². The highest BCUT2D eigenvalue weighted by atomic mass is 31.2. The normalized spacial score (nSPS) is 14.3. The van der Waals surface area contributed by atoms with E-state index in [9.17, 15) is 19.0 Å². The zero-order chi connectivity index (χ0) is 40.0. The predicted molar refractivity (Wildman–Crippen MR) is 222 cm³/mol. The summed E-state index contributed by atoms with van der Waals surface area (Å²) >= 11 is 0. The Bertz CT molecular complexity index is 1110. The molecule has 2 atom stereocenters. The molecule has 312 valence electrons. The van der Waals surface area contributed by atoms with Gasteiger partial charge in [0.1, 0.15) is 19.8 Å². The van der Waals surface area contributed by atoms with Gasteiger partial charge in [-0.25, -0.2) is 0 Å². The van der Waals surface area contributed by atoms with E-state index < -0.39 is 32.5 Å². The minimum Gasteiger partial charge on any atom is -0.756 e. The Balaban J connectivity index is 4.45. The molecule has 9 nitrogen and oxygen atoms in total. The van der Waals surface area contributed by atoms with Crippen molar-refractivity contribution in [3.63, 3.8) is 0 Å². The second-order valence-electron chi connectivity index (χ2n) is 15.0. The number of quaternary nitrogens is 1. The molecular formula is C44H78NO8P. The number of nitrogens with zero attached hydrogens (tertiary/aromatic N) is 1. The fourth-order valence-electron chi connectivity index (χ4n) is 5.23. The third kappa shape index (κ3) is 39.4. The van der Waals surface area contributed by atoms with Gasteiger partial charge in [-0.2, -0.15) is 0 Å². The second-order valence-corrected chi connectivity index (χ2v) is 16.4. The molecule has 0 spiro atoms. The minimum atomic E-state index is -4.63. The summed E-state index contributed by atoms with van der Waals surface area (Å²) in [7, 11) is 1.13. The smallest absolute Gasteiger partial charge is 0.306 e. The van der Waals surface area contributed by atoms with E-state index in [2.05, 4.69) is 74.6 Å². The van der Waals surface area contributed by atoms with Crippen LogP contribution < -0.4 is 4.89 Å². The molecule has 0 aliphatic carbocycles. The molecule has 0 heterocycles. The molecule has 0 saturated heterocycles. The van der Waals surface area contributed by atoms with Crippen LogP contribution in [0.1, 0.15) is 155 Å². The predicted octanol–water partition coefficient (Wildman–Crippen LogP) is 11.1. The highest BCUT2D eigenvalue weighted by Gasteiger charge is 2.21. The maximum absolute atomic E-state index is 12.6. The first-order chi connectivity index (χ1) is 26.0. The number of phosphoric ester groups is 1. The van der Waals surface area contributed by atoms with Crippen LogP contribution in [0.5, 0.6) is 0 Å². The highest BCUT2D eigenvalue weighted by molar-refractivity contribution is 7.45. The van der Waals surface area contributed by atoms with Crippen LogP contribution in [0.2, 0.25) is 0 Å². The van der Waals surface area contributed by atoms with E-state index in [4.69, 9.17) is 18.5 Å². The van der Waals surface area contributed by atoms with Gasteiger partial charge in [0, 0.05) is 12.8 Å². The number of phosphoric acid groups is 1. The summed E-state index contributed by atoms with van der Waals surface area (Å²) in [4.78, 5) is 37.5. The number of ether oxygens (including phenoxy) is 2. The lowest BCUT2D eigenvalue weighted by Gasteiger charge is -2.28. The van der Waals surface area contributed by atoms with E-state index >= 15 is 0 Å². The average molecular weight is 780 g/mol. The van der Waals surface area contributed by atoms with Gasteiger partial charge in [0.2, 0.25) is 0 Å². The molecule has 0 aromatic carbocycles. The van der Waals surface area contributed by atoms with E-state index in [1.807, 2.05) is 21.1 Å². The first-order valence-electron chi connectivity index (χ1n) is 21.0. The van der Waals surface area contributed by atoms with Crippen LogP contribution in [0, 0.1) is 0 Å². The molecular weight excluding hydrogens is 701 g/mol. The Morgan fingerprint density at radius 2 is 1.06 bits per heavy atom. The quantitative estimate of drug-likeness (QED) is 0.0201. The molecule has 0 fully saturated rings. The number of hydrogen-bond donors (Lipinski definition) is 0. The lowest BCUT2D eigenvalue weighted by atomic mass is 10.1. The molecule has 10 heteroatoms. The second kappa shape index (κ2) is 36.4. The van der Waals surface area contributed by atoms with Gasteiger partial charge in [-0.3, -0.25) is 14.2 Å². The van der Waals surface area contributed by atoms with Gasteiger partial charge < -0.3 is 27.9 Å². The van der Waals surface area contributed by atoms with Crippen molar-refractivity contribution in [1.29, 1.82) is 0 Å². The molecule has 0 aromatic heterocycles. The average Bonchev–Trinajstić information content (AvgIpc) is 3.12. The van der Waals surface area contributed by atoms with Crippen molar-refractivity contribution >= 4 is 19.8 Å². The van der Waals surface area contributed by atoms with E-state index in [1.165, 1.54) is 25.7 Å². The summed E-state index contributed by atoms with van der Waals surface area (Å²) in [6.07, 6.45) is 42.4. The van der Waals surface area contributed by atoms with Crippen molar-refractivity contribution in [3.8, 4) is 0 Å². The van der Waals surface area contributed by atoms with Gasteiger partial charge in [0.25, 0.3) is 7.82 Å². The van der Waals surface area contributed by atoms with Gasteiger partial charge >= 0.3 is 11.9 Å². The molecule has 2 unspecified atom stereocenters. The third-order valence-corrected chi connectivity index (χ3v) is 9.49. The van der Waals surface area contributed by atoms with Crippen molar-refractivity contribution in [2.24, 2.45) is 0 Å². The first kappa shape index (κ1) is 51.7. The Labute approximate surface area is 330 Å². The molecule has 0 aromatic rings. The standard InChI is InChI=1S/C44H78NO8P/c1-6-8-10-12-14-16-18-20-22-24-26-28-30-32-34-36-43(46)50-40-42(41-52-54(48,49)51-39-38-45(3,4)5)53-44(47)37-35-33-31-29-27-25-23-21-19-17-15-13-11-9-7-2/h9,11,14-17,20-23,42H,6-8,10,12-13,18-19,24-41H2,1-5H3/b11-9-,16-14-,17-15-,22-20-,23-21-. The van der Waals surface area contributed by atoms with E-state index in [-0.39, 0.29) is 26.1 Å². The van der Waals surface area contributed by atoms with Gasteiger partial charge in [-0.15, -0.1) is 0 Å². The Kier molecular flexibility index (Phi) is 34.8. The molecule has 0 bridgehead atoms. The van der Waals surface area contributed by atoms with Gasteiger partial charge in [0.05, 0.1) is 27.7 Å². The molecule has 0 amide bonds. The van der Waals surface area contributed by atoms with Gasteiger partial charge in [-0.1, -0.05) is 126 Å². The number of esters is 2. The third-order valence-electron chi connectivity index (χ3n) is 8.52. The number of carbonyl (C=O) groups is 2. The molecule has 0 N–H and O–H groups in total. The SMILES string of the molecule is CC/C=C\C/C=C\C/C=C\CCCCCCCC(=O)OC(COC(=O)CCCCCCC/C=C\C/C=C\CCCCC)COP(=O)([O-])OCC[N+](C)(C)C. The fourth-order valence-corrected chi connectivity index (χ4v) is 5.96. The molecule has 54 heavy (non-hydrogen) atoms. The number of rotatable bonds is 37. The molecule has 0 saturated carbocycles. The Morgan fingerprint density at radius 3 is 1.57 bits per heavy atom. The van der Waals surface area contributed by atoms with E-state index in [0.29, 0.717) is 23.9 Å². The monoisotopic (exact) mass is 780 g/mol. The largest absolute Gasteiger partial charge is 0.756 e. The van der Waals surface area contributed by atoms with Gasteiger partial charge in [0.15, 0.2) is 6.10 Å². The van der Waals surface area contributed by atoms with Crippen LogP contribution in [0.15, 0.2) is 60.8 Å². The van der Waals surface area contributed by atoms with E-state index in [0.717, 1.165) is 89.9 Å². The number of carbonyl (C=O) groups excluding carboxylic acids is 2. The summed E-state index contributed by atoms with van der Waals surface area (Å²) < 4.78 is 33.8. The minimum absolute atomic E-state index is 0.0396. The Morgan fingerprint density at radius 1 is 0.593 bits per heavy atom. The van der Waals surface area contributed by atoms with Crippen LogP contribution >= 0.6 is 7.82 Å². The summed E-state index contributed by atoms with van der Waals surface area (Å²) in [6.45, 7) is 4.03. The summed E-state index contributed by atoms with van der Waals surface area (Å²) in [5.41, 5.74) is 0. The van der Waals surface area contributed by atoms with Crippen LogP contribution in [0.25, 0.3) is 0 Å². The lowest BCUT2D eigenvalue weighted by molar-refractivity contribution is -0.870. The molecule has 0 aliphatic heterocycles. The van der Waals surface area contributed by atoms with Crippen molar-refractivity contribution in [2.45, 2.75) is 161 Å². The molecule has 0 radical (unpaired) electrons. The zero-order valence-corrected chi connectivity index (χ0v) is 35.8.